The van der Waals surface area contributed by atoms with Gasteiger partial charge in [-0.3, -0.25) is 4.79 Å². The van der Waals surface area contributed by atoms with Gasteiger partial charge in [-0.2, -0.15) is 0 Å². The highest BCUT2D eigenvalue weighted by Crippen LogP contribution is 2.36. The van der Waals surface area contributed by atoms with Gasteiger partial charge in [0.2, 0.25) is 0 Å². The fourth-order valence-corrected chi connectivity index (χ4v) is 4.88. The van der Waals surface area contributed by atoms with E-state index >= 15 is 0 Å². The zero-order valence-electron chi connectivity index (χ0n) is 17.0. The van der Waals surface area contributed by atoms with E-state index in [2.05, 4.69) is 32.1 Å². The Bertz CT molecular complexity index is 1110. The molecule has 1 amide bonds. The molecule has 1 saturated heterocycles. The van der Waals surface area contributed by atoms with Crippen molar-refractivity contribution in [3.05, 3.63) is 35.0 Å². The normalized spacial score (nSPS) is 16.7. The van der Waals surface area contributed by atoms with Crippen molar-refractivity contribution in [2.24, 2.45) is 0 Å². The van der Waals surface area contributed by atoms with Gasteiger partial charge in [0.15, 0.2) is 11.5 Å². The molecule has 1 fully saturated rings. The second-order valence-corrected chi connectivity index (χ2v) is 8.54. The first-order valence-corrected chi connectivity index (χ1v) is 10.8. The van der Waals surface area contributed by atoms with E-state index in [4.69, 9.17) is 9.47 Å². The van der Waals surface area contributed by atoms with Crippen molar-refractivity contribution in [3.8, 4) is 11.5 Å². The van der Waals surface area contributed by atoms with Gasteiger partial charge in [0.1, 0.15) is 30.2 Å². The predicted molar refractivity (Wildman–Crippen MR) is 117 cm³/mol. The summed E-state index contributed by atoms with van der Waals surface area (Å²) in [6, 6.07) is 5.44. The summed E-state index contributed by atoms with van der Waals surface area (Å²) in [7, 11) is 2.13. The number of carbonyl (C=O) groups excluding carboxylic acids is 1. The van der Waals surface area contributed by atoms with Crippen molar-refractivity contribution in [1.29, 1.82) is 0 Å². The molecule has 4 heterocycles. The summed E-state index contributed by atoms with van der Waals surface area (Å²) in [5.41, 5.74) is 1.59. The minimum absolute atomic E-state index is 0.156. The van der Waals surface area contributed by atoms with Gasteiger partial charge in [-0.15, -0.1) is 11.3 Å². The Hall–Kier alpha value is -2.91. The van der Waals surface area contributed by atoms with Crippen LogP contribution in [0.3, 0.4) is 0 Å². The van der Waals surface area contributed by atoms with E-state index in [9.17, 15) is 4.79 Å². The minimum atomic E-state index is -0.156. The highest BCUT2D eigenvalue weighted by molar-refractivity contribution is 7.20. The minimum Gasteiger partial charge on any atom is -0.486 e. The van der Waals surface area contributed by atoms with Gasteiger partial charge in [-0.05, 0) is 31.7 Å². The summed E-state index contributed by atoms with van der Waals surface area (Å²) < 4.78 is 11.2. The van der Waals surface area contributed by atoms with Gasteiger partial charge in [0.25, 0.3) is 5.91 Å². The number of nitrogens with zero attached hydrogens (tertiary/aromatic N) is 4. The summed E-state index contributed by atoms with van der Waals surface area (Å²) in [5, 5.41) is 3.95. The lowest BCUT2D eigenvalue weighted by Crippen LogP contribution is -2.44. The Kier molecular flexibility index (Phi) is 4.92. The molecular formula is C21H23N5O3S. The molecule has 1 aromatic carbocycles. The molecular weight excluding hydrogens is 402 g/mol. The van der Waals surface area contributed by atoms with Crippen LogP contribution >= 0.6 is 11.3 Å². The van der Waals surface area contributed by atoms with E-state index in [0.717, 1.165) is 47.8 Å². The lowest BCUT2D eigenvalue weighted by Gasteiger charge is -2.33. The average Bonchev–Trinajstić information content (AvgIpc) is 3.11. The first kappa shape index (κ1) is 19.1. The van der Waals surface area contributed by atoms with Crippen LogP contribution in [-0.2, 0) is 0 Å². The molecule has 5 rings (SSSR count). The van der Waals surface area contributed by atoms with Crippen molar-refractivity contribution in [1.82, 2.24) is 14.9 Å². The number of amides is 1. The van der Waals surface area contributed by atoms with Crippen LogP contribution in [0.25, 0.3) is 10.2 Å². The van der Waals surface area contributed by atoms with Gasteiger partial charge < -0.3 is 24.6 Å². The maximum Gasteiger partial charge on any atom is 0.266 e. The Labute approximate surface area is 178 Å². The van der Waals surface area contributed by atoms with Crippen LogP contribution in [0.5, 0.6) is 11.5 Å². The molecule has 2 aromatic heterocycles. The summed E-state index contributed by atoms with van der Waals surface area (Å²) in [6.45, 7) is 6.83. The molecule has 0 bridgehead atoms. The highest BCUT2D eigenvalue weighted by Gasteiger charge is 2.24. The maximum absolute atomic E-state index is 13.1. The van der Waals surface area contributed by atoms with Crippen molar-refractivity contribution < 1.29 is 14.3 Å². The number of nitrogens with one attached hydrogen (secondary N) is 1. The van der Waals surface area contributed by atoms with Gasteiger partial charge in [-0.1, -0.05) is 0 Å². The van der Waals surface area contributed by atoms with Gasteiger partial charge in [0, 0.05) is 37.9 Å². The Morgan fingerprint density at radius 3 is 2.67 bits per heavy atom. The predicted octanol–water partition coefficient (Wildman–Crippen LogP) is 2.78. The Morgan fingerprint density at radius 2 is 1.87 bits per heavy atom. The fourth-order valence-electron chi connectivity index (χ4n) is 3.84. The topological polar surface area (TPSA) is 79.8 Å². The molecule has 0 aliphatic carbocycles. The number of fused-ring (bicyclic) bond motifs is 2. The Morgan fingerprint density at radius 1 is 1.10 bits per heavy atom. The number of anilines is 2. The van der Waals surface area contributed by atoms with Crippen molar-refractivity contribution in [3.63, 3.8) is 0 Å². The lowest BCUT2D eigenvalue weighted by atomic mass is 10.1. The largest absolute Gasteiger partial charge is 0.486 e. The first-order valence-electron chi connectivity index (χ1n) is 9.99. The SMILES string of the molecule is Cc1c(C(=O)Nc2ccc3c(c2)OCCO3)sc2ncnc(N3CCN(C)CC3)c12. The number of benzene rings is 1. The second-order valence-electron chi connectivity index (χ2n) is 7.54. The molecule has 1 N–H and O–H groups in total. The number of rotatable bonds is 3. The first-order chi connectivity index (χ1) is 14.6. The molecule has 8 nitrogen and oxygen atoms in total. The monoisotopic (exact) mass is 425 g/mol. The summed E-state index contributed by atoms with van der Waals surface area (Å²) in [6.07, 6.45) is 1.59. The summed E-state index contributed by atoms with van der Waals surface area (Å²) in [4.78, 5) is 28.1. The van der Waals surface area contributed by atoms with Crippen LogP contribution in [0.1, 0.15) is 15.2 Å². The van der Waals surface area contributed by atoms with Crippen LogP contribution in [-0.4, -0.2) is 67.2 Å². The summed E-state index contributed by atoms with van der Waals surface area (Å²) in [5.74, 6) is 2.11. The molecule has 30 heavy (non-hydrogen) atoms. The standard InChI is InChI=1S/C21H23N5O3S/c1-13-17-19(26-7-5-25(2)6-8-26)22-12-23-21(17)30-18(13)20(27)24-14-3-4-15-16(11-14)29-10-9-28-15/h3-4,11-12H,5-10H2,1-2H3,(H,24,27). The van der Waals surface area contributed by atoms with E-state index in [1.807, 2.05) is 19.1 Å². The number of aryl methyl sites for hydroxylation is 1. The molecule has 3 aromatic rings. The molecule has 156 valence electrons. The van der Waals surface area contributed by atoms with Crippen LogP contribution < -0.4 is 19.7 Å². The van der Waals surface area contributed by atoms with Crippen LogP contribution in [0.15, 0.2) is 24.5 Å². The van der Waals surface area contributed by atoms with Gasteiger partial charge in [0.05, 0.1) is 10.3 Å². The highest BCUT2D eigenvalue weighted by atomic mass is 32.1. The third-order valence-corrected chi connectivity index (χ3v) is 6.71. The Balaban J connectivity index is 1.44. The fraction of sp³-hybridized carbons (Fsp3) is 0.381. The quantitative estimate of drug-likeness (QED) is 0.691. The number of piperazine rings is 1. The second kappa shape index (κ2) is 7.73. The molecule has 0 saturated carbocycles. The van der Waals surface area contributed by atoms with Gasteiger partial charge in [-0.25, -0.2) is 9.97 Å². The van der Waals surface area contributed by atoms with Crippen molar-refractivity contribution in [2.45, 2.75) is 6.92 Å². The zero-order valence-corrected chi connectivity index (χ0v) is 17.8. The third-order valence-electron chi connectivity index (χ3n) is 5.52. The average molecular weight is 426 g/mol. The number of ether oxygens (including phenoxy) is 2. The van der Waals surface area contributed by atoms with E-state index < -0.39 is 0 Å². The smallest absolute Gasteiger partial charge is 0.266 e. The maximum atomic E-state index is 13.1. The van der Waals surface area contributed by atoms with Crippen molar-refractivity contribution >= 4 is 39.0 Å². The molecule has 2 aliphatic rings. The molecule has 2 aliphatic heterocycles. The molecule has 9 heteroatoms. The third kappa shape index (κ3) is 3.44. The number of hydrogen-bond donors (Lipinski definition) is 1. The zero-order chi connectivity index (χ0) is 20.7. The molecule has 0 radical (unpaired) electrons. The number of hydrogen-bond acceptors (Lipinski definition) is 8. The van der Waals surface area contributed by atoms with Gasteiger partial charge >= 0.3 is 0 Å². The van der Waals surface area contributed by atoms with E-state index in [-0.39, 0.29) is 5.91 Å². The molecule has 0 unspecified atom stereocenters. The van der Waals surface area contributed by atoms with Crippen molar-refractivity contribution in [2.75, 3.05) is 56.7 Å². The molecule has 0 atom stereocenters. The van der Waals surface area contributed by atoms with Crippen LogP contribution in [0.2, 0.25) is 0 Å². The van der Waals surface area contributed by atoms with Crippen LogP contribution in [0.4, 0.5) is 11.5 Å². The number of carbonyl (C=O) groups is 1. The number of aromatic nitrogens is 2. The molecule has 0 spiro atoms. The number of thiophene rings is 1. The van der Waals surface area contributed by atoms with E-state index in [1.165, 1.54) is 11.3 Å². The van der Waals surface area contributed by atoms with E-state index in [0.29, 0.717) is 35.3 Å². The lowest BCUT2D eigenvalue weighted by molar-refractivity contribution is 0.103. The summed E-state index contributed by atoms with van der Waals surface area (Å²) >= 11 is 1.40. The van der Waals surface area contributed by atoms with Crippen LogP contribution in [0, 0.1) is 6.92 Å². The number of likely N-dealkylation sites (N-methyl/N-ethyl adjacent to an activating group) is 1. The van der Waals surface area contributed by atoms with E-state index in [1.54, 1.807) is 12.4 Å².